The van der Waals surface area contributed by atoms with Crippen molar-refractivity contribution >= 4 is 16.3 Å². The van der Waals surface area contributed by atoms with Crippen LogP contribution in [0.3, 0.4) is 0 Å². The van der Waals surface area contributed by atoms with E-state index in [0.717, 1.165) is 11.3 Å². The predicted octanol–water partition coefficient (Wildman–Crippen LogP) is 1.82. The molecule has 3 rings (SSSR count). The number of aromatic nitrogens is 3. The smallest absolute Gasteiger partial charge is 0.275 e. The molecule has 0 saturated heterocycles. The zero-order valence-electron chi connectivity index (χ0n) is 8.20. The van der Waals surface area contributed by atoms with Crippen LogP contribution in [0.2, 0.25) is 0 Å². The lowest BCUT2D eigenvalue weighted by molar-refractivity contribution is 0.986. The molecule has 16 heavy (non-hydrogen) atoms. The van der Waals surface area contributed by atoms with Gasteiger partial charge in [0.1, 0.15) is 6.33 Å². The van der Waals surface area contributed by atoms with Crippen LogP contribution in [0, 0.1) is 0 Å². The summed E-state index contributed by atoms with van der Waals surface area (Å²) >= 11 is 1.43. The lowest BCUT2D eigenvalue weighted by atomic mass is 10.2. The number of rotatable bonds is 1. The van der Waals surface area contributed by atoms with Crippen LogP contribution in [0.15, 0.2) is 46.8 Å². The number of thiazole rings is 1. The summed E-state index contributed by atoms with van der Waals surface area (Å²) in [7, 11) is 0. The van der Waals surface area contributed by atoms with Gasteiger partial charge in [-0.1, -0.05) is 30.3 Å². The first kappa shape index (κ1) is 9.23. The number of fused-ring (bicyclic) bond motifs is 1. The van der Waals surface area contributed by atoms with E-state index < -0.39 is 5.69 Å². The summed E-state index contributed by atoms with van der Waals surface area (Å²) in [4.78, 5) is 19.2. The highest BCUT2D eigenvalue weighted by molar-refractivity contribution is 7.15. The summed E-state index contributed by atoms with van der Waals surface area (Å²) in [5.74, 6) is 0. The zero-order chi connectivity index (χ0) is 11.0. The van der Waals surface area contributed by atoms with Crippen molar-refractivity contribution in [1.29, 1.82) is 0 Å². The minimum Gasteiger partial charge on any atom is -0.275 e. The molecule has 0 aliphatic rings. The molecule has 0 fully saturated rings. The van der Waals surface area contributed by atoms with E-state index in [-0.39, 0.29) is 0 Å². The monoisotopic (exact) mass is 229 g/mol. The first-order valence-corrected chi connectivity index (χ1v) is 5.61. The molecule has 3 aromatic rings. The van der Waals surface area contributed by atoms with Crippen molar-refractivity contribution in [2.75, 3.05) is 0 Å². The second-order valence-corrected chi connectivity index (χ2v) is 4.12. The van der Waals surface area contributed by atoms with E-state index in [2.05, 4.69) is 9.97 Å². The van der Waals surface area contributed by atoms with Gasteiger partial charge in [-0.15, -0.1) is 11.3 Å². The molecule has 0 bridgehead atoms. The standard InChI is InChI=1S/C11H7N3OS/c15-10-12-7-14-9(6-16-11(14)13-10)8-4-2-1-3-5-8/h1-7H. The van der Waals surface area contributed by atoms with Crippen LogP contribution in [0.4, 0.5) is 0 Å². The van der Waals surface area contributed by atoms with E-state index in [4.69, 9.17) is 0 Å². The zero-order valence-corrected chi connectivity index (χ0v) is 9.02. The Hall–Kier alpha value is -2.01. The van der Waals surface area contributed by atoms with Gasteiger partial charge in [-0.3, -0.25) is 4.40 Å². The van der Waals surface area contributed by atoms with E-state index in [1.807, 2.05) is 40.1 Å². The number of hydrogen-bond donors (Lipinski definition) is 0. The Bertz CT molecular complexity index is 687. The molecular formula is C11H7N3OS. The summed E-state index contributed by atoms with van der Waals surface area (Å²) in [5.41, 5.74) is 1.64. The van der Waals surface area contributed by atoms with Crippen LogP contribution in [0.5, 0.6) is 0 Å². The van der Waals surface area contributed by atoms with E-state index in [1.54, 1.807) is 0 Å². The largest absolute Gasteiger partial charge is 0.371 e. The third-order valence-corrected chi connectivity index (χ3v) is 3.13. The topological polar surface area (TPSA) is 47.3 Å². The fourth-order valence-corrected chi connectivity index (χ4v) is 2.41. The van der Waals surface area contributed by atoms with Gasteiger partial charge in [0.15, 0.2) is 4.96 Å². The average Bonchev–Trinajstić information content (AvgIpc) is 2.73. The quantitative estimate of drug-likeness (QED) is 0.639. The second-order valence-electron chi connectivity index (χ2n) is 3.28. The highest BCUT2D eigenvalue weighted by Gasteiger charge is 2.05. The molecule has 0 atom stereocenters. The Balaban J connectivity index is 2.30. The SMILES string of the molecule is O=c1ncn2c(-c3ccccc3)csc2n1. The molecule has 0 aliphatic heterocycles. The van der Waals surface area contributed by atoms with E-state index in [9.17, 15) is 4.79 Å². The number of nitrogens with zero attached hydrogens (tertiary/aromatic N) is 3. The van der Waals surface area contributed by atoms with Crippen LogP contribution in [0.25, 0.3) is 16.2 Å². The molecule has 78 valence electrons. The fourth-order valence-electron chi connectivity index (χ4n) is 1.55. The van der Waals surface area contributed by atoms with Gasteiger partial charge < -0.3 is 0 Å². The summed E-state index contributed by atoms with van der Waals surface area (Å²) in [6.45, 7) is 0. The van der Waals surface area contributed by atoms with Crippen molar-refractivity contribution in [2.24, 2.45) is 0 Å². The Labute approximate surface area is 94.9 Å². The van der Waals surface area contributed by atoms with Gasteiger partial charge in [-0.2, -0.15) is 9.97 Å². The normalized spacial score (nSPS) is 10.8. The number of benzene rings is 1. The van der Waals surface area contributed by atoms with Gasteiger partial charge >= 0.3 is 5.69 Å². The van der Waals surface area contributed by atoms with Crippen LogP contribution in [0.1, 0.15) is 0 Å². The van der Waals surface area contributed by atoms with E-state index in [1.165, 1.54) is 17.7 Å². The van der Waals surface area contributed by atoms with Gasteiger partial charge in [-0.05, 0) is 5.56 Å². The van der Waals surface area contributed by atoms with Crippen LogP contribution < -0.4 is 5.69 Å². The molecule has 2 heterocycles. The van der Waals surface area contributed by atoms with Crippen molar-refractivity contribution in [3.63, 3.8) is 0 Å². The summed E-state index contributed by atoms with van der Waals surface area (Å²) in [5, 5.41) is 1.97. The van der Waals surface area contributed by atoms with E-state index >= 15 is 0 Å². The van der Waals surface area contributed by atoms with Gasteiger partial charge in [-0.25, -0.2) is 4.79 Å². The molecule has 1 aromatic carbocycles. The highest BCUT2D eigenvalue weighted by Crippen LogP contribution is 2.23. The van der Waals surface area contributed by atoms with Crippen molar-refractivity contribution < 1.29 is 0 Å². The molecule has 4 nitrogen and oxygen atoms in total. The van der Waals surface area contributed by atoms with Crippen LogP contribution in [-0.2, 0) is 0 Å². The van der Waals surface area contributed by atoms with Crippen LogP contribution >= 0.6 is 11.3 Å². The van der Waals surface area contributed by atoms with E-state index in [0.29, 0.717) is 4.96 Å². The van der Waals surface area contributed by atoms with Crippen molar-refractivity contribution in [3.8, 4) is 11.3 Å². The molecule has 0 N–H and O–H groups in total. The Morgan fingerprint density at radius 2 is 2.00 bits per heavy atom. The van der Waals surface area contributed by atoms with Crippen LogP contribution in [-0.4, -0.2) is 14.4 Å². The summed E-state index contributed by atoms with van der Waals surface area (Å²) in [6.07, 6.45) is 1.52. The predicted molar refractivity (Wildman–Crippen MR) is 62.6 cm³/mol. The molecule has 2 aromatic heterocycles. The second kappa shape index (κ2) is 3.53. The van der Waals surface area contributed by atoms with Crippen molar-refractivity contribution in [3.05, 3.63) is 52.5 Å². The first-order chi connectivity index (χ1) is 7.84. The summed E-state index contributed by atoms with van der Waals surface area (Å²) in [6, 6.07) is 9.94. The molecule has 0 amide bonds. The van der Waals surface area contributed by atoms with Crippen molar-refractivity contribution in [2.45, 2.75) is 0 Å². The molecule has 0 spiro atoms. The van der Waals surface area contributed by atoms with Crippen molar-refractivity contribution in [1.82, 2.24) is 14.4 Å². The lowest BCUT2D eigenvalue weighted by Gasteiger charge is -1.99. The fraction of sp³-hybridized carbons (Fsp3) is 0. The van der Waals surface area contributed by atoms with Gasteiger partial charge in [0.2, 0.25) is 0 Å². The van der Waals surface area contributed by atoms with Gasteiger partial charge in [0.05, 0.1) is 5.69 Å². The number of hydrogen-bond acceptors (Lipinski definition) is 4. The first-order valence-electron chi connectivity index (χ1n) is 4.73. The Morgan fingerprint density at radius 1 is 1.19 bits per heavy atom. The Kier molecular flexibility index (Phi) is 2.04. The Morgan fingerprint density at radius 3 is 2.81 bits per heavy atom. The third-order valence-electron chi connectivity index (χ3n) is 2.29. The minimum absolute atomic E-state index is 0.443. The lowest BCUT2D eigenvalue weighted by Crippen LogP contribution is -2.10. The molecule has 0 saturated carbocycles. The van der Waals surface area contributed by atoms with Gasteiger partial charge in [0, 0.05) is 5.38 Å². The molecule has 0 radical (unpaired) electrons. The average molecular weight is 229 g/mol. The molecular weight excluding hydrogens is 222 g/mol. The molecule has 0 aliphatic carbocycles. The maximum atomic E-state index is 11.0. The maximum Gasteiger partial charge on any atom is 0.371 e. The maximum absolute atomic E-state index is 11.0. The molecule has 5 heteroatoms. The molecule has 0 unspecified atom stereocenters. The highest BCUT2D eigenvalue weighted by atomic mass is 32.1. The van der Waals surface area contributed by atoms with Gasteiger partial charge in [0.25, 0.3) is 0 Å². The summed E-state index contributed by atoms with van der Waals surface area (Å²) < 4.78 is 1.82. The minimum atomic E-state index is -0.443. The third kappa shape index (κ3) is 1.42.